The minimum Gasteiger partial charge on any atom is -0.489 e. The largest absolute Gasteiger partial charge is 0.489 e. The van der Waals surface area contributed by atoms with Crippen molar-refractivity contribution in [1.82, 2.24) is 10.3 Å². The minimum atomic E-state index is -0.271. The van der Waals surface area contributed by atoms with Crippen molar-refractivity contribution in [2.75, 3.05) is 6.54 Å². The number of hydrogen-bond donors (Lipinski definition) is 1. The fraction of sp³-hybridized carbons (Fsp3) is 0.143. The number of pyridine rings is 1. The van der Waals surface area contributed by atoms with Crippen LogP contribution in [0, 0.1) is 0 Å². The van der Waals surface area contributed by atoms with Gasteiger partial charge in [-0.1, -0.05) is 65.7 Å². The van der Waals surface area contributed by atoms with E-state index in [9.17, 15) is 4.79 Å². The van der Waals surface area contributed by atoms with E-state index in [1.54, 1.807) is 6.07 Å². The van der Waals surface area contributed by atoms with E-state index in [-0.39, 0.29) is 16.2 Å². The highest BCUT2D eigenvalue weighted by atomic mass is 35.5. The second-order valence-corrected chi connectivity index (χ2v) is 6.64. The van der Waals surface area contributed by atoms with Gasteiger partial charge in [-0.3, -0.25) is 4.79 Å². The highest BCUT2D eigenvalue weighted by Gasteiger charge is 2.11. The molecule has 0 spiro atoms. The lowest BCUT2D eigenvalue weighted by Gasteiger charge is -2.09. The van der Waals surface area contributed by atoms with Crippen molar-refractivity contribution < 1.29 is 9.53 Å². The molecule has 0 atom stereocenters. The molecule has 27 heavy (non-hydrogen) atoms. The molecule has 138 valence electrons. The number of aromatic nitrogens is 1. The van der Waals surface area contributed by atoms with Crippen LogP contribution in [0.5, 0.6) is 5.75 Å². The summed E-state index contributed by atoms with van der Waals surface area (Å²) in [5.41, 5.74) is 2.54. The van der Waals surface area contributed by atoms with Crippen LogP contribution in [0.15, 0.2) is 66.7 Å². The Hall–Kier alpha value is -2.56. The van der Waals surface area contributed by atoms with Gasteiger partial charge in [0.05, 0.1) is 5.56 Å². The quantitative estimate of drug-likeness (QED) is 0.571. The first kappa shape index (κ1) is 19.2. The van der Waals surface area contributed by atoms with Gasteiger partial charge in [0, 0.05) is 6.54 Å². The molecule has 1 aromatic heterocycles. The molecule has 0 saturated heterocycles. The van der Waals surface area contributed by atoms with Crippen molar-refractivity contribution in [2.45, 2.75) is 13.0 Å². The second-order valence-electron chi connectivity index (χ2n) is 5.90. The number of ether oxygens (including phenoxy) is 1. The fourth-order valence-electron chi connectivity index (χ4n) is 2.49. The van der Waals surface area contributed by atoms with Gasteiger partial charge in [-0.05, 0) is 41.8 Å². The lowest BCUT2D eigenvalue weighted by Crippen LogP contribution is -2.26. The number of halogens is 2. The van der Waals surface area contributed by atoms with Crippen molar-refractivity contribution in [2.24, 2.45) is 0 Å². The molecular weight excluding hydrogens is 383 g/mol. The van der Waals surface area contributed by atoms with Crippen molar-refractivity contribution in [1.29, 1.82) is 0 Å². The van der Waals surface area contributed by atoms with E-state index >= 15 is 0 Å². The van der Waals surface area contributed by atoms with E-state index in [1.165, 1.54) is 6.07 Å². The third-order valence-electron chi connectivity index (χ3n) is 3.93. The summed E-state index contributed by atoms with van der Waals surface area (Å²) in [6.07, 6.45) is 0.698. The summed E-state index contributed by atoms with van der Waals surface area (Å²) in [5, 5.41) is 3.18. The Morgan fingerprint density at radius 2 is 1.67 bits per heavy atom. The third kappa shape index (κ3) is 5.71. The second kappa shape index (κ2) is 9.40. The van der Waals surface area contributed by atoms with Crippen LogP contribution < -0.4 is 10.1 Å². The Bertz CT molecular complexity index is 900. The molecule has 3 aromatic rings. The highest BCUT2D eigenvalue weighted by molar-refractivity contribution is 6.34. The molecule has 0 fully saturated rings. The summed E-state index contributed by atoms with van der Waals surface area (Å²) in [5.74, 6) is 0.539. The third-order valence-corrected chi connectivity index (χ3v) is 4.43. The van der Waals surface area contributed by atoms with Crippen LogP contribution >= 0.6 is 23.2 Å². The van der Waals surface area contributed by atoms with Crippen LogP contribution in [-0.2, 0) is 13.0 Å². The van der Waals surface area contributed by atoms with Crippen molar-refractivity contribution in [3.05, 3.63) is 93.7 Å². The lowest BCUT2D eigenvalue weighted by molar-refractivity contribution is 0.0954. The first-order valence-corrected chi connectivity index (χ1v) is 9.23. The summed E-state index contributed by atoms with van der Waals surface area (Å²) in [7, 11) is 0. The average Bonchev–Trinajstić information content (AvgIpc) is 2.68. The van der Waals surface area contributed by atoms with Crippen LogP contribution in [0.1, 0.15) is 21.5 Å². The summed E-state index contributed by atoms with van der Waals surface area (Å²) in [4.78, 5) is 16.0. The summed E-state index contributed by atoms with van der Waals surface area (Å²) in [6, 6.07) is 21.0. The van der Waals surface area contributed by atoms with E-state index in [2.05, 4.69) is 10.3 Å². The van der Waals surface area contributed by atoms with Crippen molar-refractivity contribution >= 4 is 29.1 Å². The van der Waals surface area contributed by atoms with E-state index < -0.39 is 0 Å². The normalized spacial score (nSPS) is 10.4. The smallest absolute Gasteiger partial charge is 0.254 e. The number of carbonyl (C=O) groups is 1. The van der Waals surface area contributed by atoms with Gasteiger partial charge >= 0.3 is 0 Å². The van der Waals surface area contributed by atoms with Gasteiger partial charge in [0.1, 0.15) is 22.7 Å². The minimum absolute atomic E-state index is 0.0971. The van der Waals surface area contributed by atoms with Gasteiger partial charge in [-0.25, -0.2) is 4.98 Å². The van der Waals surface area contributed by atoms with Gasteiger partial charge in [0.25, 0.3) is 5.91 Å². The van der Waals surface area contributed by atoms with Crippen LogP contribution in [0.2, 0.25) is 10.3 Å². The standard InChI is InChI=1S/C21H18Cl2N2O2/c22-19-11-10-18(20(23)25-19)21(26)24-13-12-15-6-8-17(9-7-15)27-14-16-4-2-1-3-5-16/h1-11H,12-14H2,(H,24,26). The van der Waals surface area contributed by atoms with Gasteiger partial charge in [-0.2, -0.15) is 0 Å². The highest BCUT2D eigenvalue weighted by Crippen LogP contribution is 2.17. The predicted molar refractivity (Wildman–Crippen MR) is 108 cm³/mol. The monoisotopic (exact) mass is 400 g/mol. The molecule has 0 saturated carbocycles. The summed E-state index contributed by atoms with van der Waals surface area (Å²) in [6.45, 7) is 1.02. The van der Waals surface area contributed by atoms with Crippen molar-refractivity contribution in [3.8, 4) is 5.75 Å². The Kier molecular flexibility index (Phi) is 6.69. The maximum atomic E-state index is 12.1. The van der Waals surface area contributed by atoms with Crippen molar-refractivity contribution in [3.63, 3.8) is 0 Å². The van der Waals surface area contributed by atoms with Gasteiger partial charge < -0.3 is 10.1 Å². The zero-order valence-electron chi connectivity index (χ0n) is 14.5. The molecule has 0 radical (unpaired) electrons. The zero-order valence-corrected chi connectivity index (χ0v) is 16.0. The SMILES string of the molecule is O=C(NCCc1ccc(OCc2ccccc2)cc1)c1ccc(Cl)nc1Cl. The van der Waals surface area contributed by atoms with Crippen LogP contribution in [-0.4, -0.2) is 17.4 Å². The topological polar surface area (TPSA) is 51.2 Å². The molecule has 0 aliphatic carbocycles. The molecular formula is C21H18Cl2N2O2. The number of nitrogens with zero attached hydrogens (tertiary/aromatic N) is 1. The first-order chi connectivity index (χ1) is 13.1. The zero-order chi connectivity index (χ0) is 19.1. The summed E-state index contributed by atoms with van der Waals surface area (Å²) < 4.78 is 5.77. The maximum Gasteiger partial charge on any atom is 0.254 e. The molecule has 0 bridgehead atoms. The van der Waals surface area contributed by atoms with Crippen LogP contribution in [0.3, 0.4) is 0 Å². The molecule has 0 aliphatic heterocycles. The lowest BCUT2D eigenvalue weighted by atomic mass is 10.1. The maximum absolute atomic E-state index is 12.1. The fourth-order valence-corrected chi connectivity index (χ4v) is 2.92. The van der Waals surface area contributed by atoms with E-state index in [0.29, 0.717) is 25.1 Å². The van der Waals surface area contributed by atoms with Crippen LogP contribution in [0.25, 0.3) is 0 Å². The molecule has 1 heterocycles. The number of carbonyl (C=O) groups excluding carboxylic acids is 1. The van der Waals surface area contributed by atoms with E-state index in [4.69, 9.17) is 27.9 Å². The molecule has 2 aromatic carbocycles. The Labute approximate surface area is 168 Å². The number of benzene rings is 2. The molecule has 0 aliphatic rings. The molecule has 1 N–H and O–H groups in total. The number of nitrogens with one attached hydrogen (secondary N) is 1. The first-order valence-electron chi connectivity index (χ1n) is 8.48. The number of hydrogen-bond acceptors (Lipinski definition) is 3. The molecule has 4 nitrogen and oxygen atoms in total. The van der Waals surface area contributed by atoms with E-state index in [1.807, 2.05) is 54.6 Å². The van der Waals surface area contributed by atoms with Gasteiger partial charge in [0.2, 0.25) is 0 Å². The Morgan fingerprint density at radius 1 is 0.926 bits per heavy atom. The van der Waals surface area contributed by atoms with Gasteiger partial charge in [0.15, 0.2) is 0 Å². The number of amides is 1. The molecule has 0 unspecified atom stereocenters. The molecule has 1 amide bonds. The Morgan fingerprint density at radius 3 is 2.37 bits per heavy atom. The number of rotatable bonds is 7. The van der Waals surface area contributed by atoms with Gasteiger partial charge in [-0.15, -0.1) is 0 Å². The predicted octanol–water partition coefficient (Wildman–Crippen LogP) is 4.94. The molecule has 6 heteroatoms. The molecule has 3 rings (SSSR count). The Balaban J connectivity index is 1.46. The van der Waals surface area contributed by atoms with E-state index in [0.717, 1.165) is 16.9 Å². The average molecular weight is 401 g/mol. The summed E-state index contributed by atoms with van der Waals surface area (Å²) >= 11 is 11.7. The van der Waals surface area contributed by atoms with Crippen LogP contribution in [0.4, 0.5) is 0 Å².